The second-order valence-corrected chi connectivity index (χ2v) is 12.4. The number of nitrogens with zero attached hydrogens (tertiary/aromatic N) is 2. The molecule has 0 radical (unpaired) electrons. The highest BCUT2D eigenvalue weighted by Crippen LogP contribution is 2.38. The quantitative estimate of drug-likeness (QED) is 0.186. The first-order valence-electron chi connectivity index (χ1n) is 12.5. The van der Waals surface area contributed by atoms with E-state index in [0.717, 1.165) is 30.5 Å². The second-order valence-electron chi connectivity index (χ2n) is 9.87. The Morgan fingerprint density at radius 3 is 2.23 bits per heavy atom. The molecule has 0 amide bonds. The third kappa shape index (κ3) is 6.26. The van der Waals surface area contributed by atoms with Crippen molar-refractivity contribution in [1.29, 1.82) is 5.26 Å². The van der Waals surface area contributed by atoms with Crippen molar-refractivity contribution in [2.24, 2.45) is 0 Å². The summed E-state index contributed by atoms with van der Waals surface area (Å²) >= 11 is 0. The summed E-state index contributed by atoms with van der Waals surface area (Å²) in [7, 11) is -4.20. The average molecular weight is 645 g/mol. The van der Waals surface area contributed by atoms with Gasteiger partial charge in [-0.25, -0.2) is 30.4 Å². The molecule has 6 nitrogen and oxygen atoms in total. The standard InChI is InChI=1S/C29H20F8N2O4S/c1-14(2)44(41,42)20-6-16(5-18(8-20)29(35,36)37)17-7-25(43-13-17)24-10-21(26(32)27(33)34)22(11-38)28(40)39(24)12-15-3-4-19(30)9-23(15)31/h3-10,13-14,26-27H,12H2,1-2H3. The minimum absolute atomic E-state index is 0.158. The molecule has 0 aliphatic heterocycles. The van der Waals surface area contributed by atoms with E-state index in [1.165, 1.54) is 19.9 Å². The summed E-state index contributed by atoms with van der Waals surface area (Å²) in [5.74, 6) is -2.50. The highest BCUT2D eigenvalue weighted by atomic mass is 32.2. The Balaban J connectivity index is 1.97. The number of sulfone groups is 1. The largest absolute Gasteiger partial charge is 0.462 e. The van der Waals surface area contributed by atoms with E-state index in [0.29, 0.717) is 28.8 Å². The Morgan fingerprint density at radius 2 is 1.66 bits per heavy atom. The van der Waals surface area contributed by atoms with Gasteiger partial charge >= 0.3 is 6.18 Å². The van der Waals surface area contributed by atoms with Crippen molar-refractivity contribution in [1.82, 2.24) is 4.57 Å². The number of halogens is 8. The van der Waals surface area contributed by atoms with Gasteiger partial charge in [0.15, 0.2) is 21.8 Å². The minimum Gasteiger partial charge on any atom is -0.462 e. The van der Waals surface area contributed by atoms with Crippen molar-refractivity contribution < 1.29 is 48.0 Å². The lowest BCUT2D eigenvalue weighted by atomic mass is 10.0. The van der Waals surface area contributed by atoms with Crippen LogP contribution in [-0.2, 0) is 22.6 Å². The lowest BCUT2D eigenvalue weighted by Gasteiger charge is -2.17. The first kappa shape index (κ1) is 32.5. The monoisotopic (exact) mass is 644 g/mol. The van der Waals surface area contributed by atoms with E-state index in [-0.39, 0.29) is 16.7 Å². The number of furan rings is 1. The summed E-state index contributed by atoms with van der Waals surface area (Å²) in [6.07, 6.45) is -10.9. The molecule has 2 heterocycles. The van der Waals surface area contributed by atoms with E-state index < -0.39 is 90.6 Å². The molecule has 2 aromatic carbocycles. The Morgan fingerprint density at radius 1 is 0.977 bits per heavy atom. The van der Waals surface area contributed by atoms with Gasteiger partial charge < -0.3 is 4.42 Å². The Labute approximate surface area is 244 Å². The van der Waals surface area contributed by atoms with Gasteiger partial charge in [-0.3, -0.25) is 9.36 Å². The maximum Gasteiger partial charge on any atom is 0.416 e. The average Bonchev–Trinajstić information content (AvgIpc) is 3.44. The zero-order valence-electron chi connectivity index (χ0n) is 22.6. The zero-order valence-corrected chi connectivity index (χ0v) is 23.4. The van der Waals surface area contributed by atoms with Crippen LogP contribution in [0.2, 0.25) is 0 Å². The fraction of sp³-hybridized carbons (Fsp3) is 0.241. The molecule has 232 valence electrons. The molecule has 0 aliphatic carbocycles. The van der Waals surface area contributed by atoms with Gasteiger partial charge in [0.05, 0.1) is 34.2 Å². The number of aromatic nitrogens is 1. The van der Waals surface area contributed by atoms with Crippen molar-refractivity contribution >= 4 is 9.84 Å². The highest BCUT2D eigenvalue weighted by molar-refractivity contribution is 7.92. The Bertz CT molecular complexity index is 1940. The fourth-order valence-corrected chi connectivity index (χ4v) is 5.43. The number of rotatable bonds is 8. The van der Waals surface area contributed by atoms with Crippen LogP contribution < -0.4 is 5.56 Å². The smallest absolute Gasteiger partial charge is 0.416 e. The van der Waals surface area contributed by atoms with Crippen LogP contribution in [0, 0.1) is 23.0 Å². The Hall–Kier alpha value is -4.45. The van der Waals surface area contributed by atoms with Crippen LogP contribution in [-0.4, -0.2) is 24.7 Å². The van der Waals surface area contributed by atoms with Crippen molar-refractivity contribution in [3.63, 3.8) is 0 Å². The van der Waals surface area contributed by atoms with E-state index in [9.17, 15) is 53.6 Å². The van der Waals surface area contributed by atoms with E-state index in [1.807, 2.05) is 0 Å². The van der Waals surface area contributed by atoms with Gasteiger partial charge in [-0.15, -0.1) is 0 Å². The van der Waals surface area contributed by atoms with Gasteiger partial charge in [-0.05, 0) is 55.8 Å². The number of hydrogen-bond donors (Lipinski definition) is 0. The molecule has 1 unspecified atom stereocenters. The summed E-state index contributed by atoms with van der Waals surface area (Å²) < 4.78 is 142. The normalized spacial score (nSPS) is 13.0. The van der Waals surface area contributed by atoms with Crippen LogP contribution in [0.4, 0.5) is 35.1 Å². The molecular weight excluding hydrogens is 624 g/mol. The molecule has 0 N–H and O–H groups in total. The van der Waals surface area contributed by atoms with E-state index >= 15 is 0 Å². The number of benzene rings is 2. The van der Waals surface area contributed by atoms with Gasteiger partial charge in [0.2, 0.25) is 0 Å². The first-order valence-corrected chi connectivity index (χ1v) is 14.1. The van der Waals surface area contributed by atoms with Crippen LogP contribution in [0.5, 0.6) is 0 Å². The molecule has 44 heavy (non-hydrogen) atoms. The maximum absolute atomic E-state index is 14.6. The molecular formula is C29H20F8N2O4S. The van der Waals surface area contributed by atoms with Crippen LogP contribution in [0.25, 0.3) is 22.6 Å². The van der Waals surface area contributed by atoms with Crippen molar-refractivity contribution in [3.05, 3.63) is 99.0 Å². The SMILES string of the molecule is CC(C)S(=O)(=O)c1cc(-c2coc(-c3cc(C(F)C(F)F)c(C#N)c(=O)n3Cc3ccc(F)cc3F)c2)cc(C(F)(F)F)c1. The van der Waals surface area contributed by atoms with Crippen LogP contribution >= 0.6 is 0 Å². The summed E-state index contributed by atoms with van der Waals surface area (Å²) in [5.41, 5.74) is -5.94. The summed E-state index contributed by atoms with van der Waals surface area (Å²) in [5, 5.41) is 8.40. The van der Waals surface area contributed by atoms with Crippen molar-refractivity contribution in [2.75, 3.05) is 0 Å². The van der Waals surface area contributed by atoms with Gasteiger partial charge in [-0.1, -0.05) is 6.07 Å². The predicted octanol–water partition coefficient (Wildman–Crippen LogP) is 7.45. The molecule has 15 heteroatoms. The molecule has 0 spiro atoms. The molecule has 2 aromatic heterocycles. The molecule has 1 atom stereocenters. The zero-order chi connectivity index (χ0) is 32.7. The summed E-state index contributed by atoms with van der Waals surface area (Å²) in [4.78, 5) is 12.6. The number of pyridine rings is 1. The maximum atomic E-state index is 14.6. The molecule has 0 saturated carbocycles. The second kappa shape index (κ2) is 11.9. The summed E-state index contributed by atoms with van der Waals surface area (Å²) in [6, 6.07) is 7.44. The molecule has 0 saturated heterocycles. The number of hydrogen-bond acceptors (Lipinski definition) is 5. The van der Waals surface area contributed by atoms with Crippen LogP contribution in [0.1, 0.15) is 42.3 Å². The first-order chi connectivity index (χ1) is 20.4. The lowest BCUT2D eigenvalue weighted by molar-refractivity contribution is -0.137. The van der Waals surface area contributed by atoms with E-state index in [4.69, 9.17) is 4.42 Å². The van der Waals surface area contributed by atoms with Gasteiger partial charge in [0.25, 0.3) is 12.0 Å². The number of nitriles is 1. The molecule has 0 bridgehead atoms. The highest BCUT2D eigenvalue weighted by Gasteiger charge is 2.34. The summed E-state index contributed by atoms with van der Waals surface area (Å²) in [6.45, 7) is 1.82. The van der Waals surface area contributed by atoms with Crippen LogP contribution in [0.3, 0.4) is 0 Å². The molecule has 0 fully saturated rings. The third-order valence-corrected chi connectivity index (χ3v) is 8.81. The van der Waals surface area contributed by atoms with E-state index in [2.05, 4.69) is 0 Å². The fourth-order valence-electron chi connectivity index (χ4n) is 4.30. The van der Waals surface area contributed by atoms with Gasteiger partial charge in [0, 0.05) is 22.8 Å². The van der Waals surface area contributed by atoms with Crippen molar-refractivity contribution in [2.45, 2.75) is 49.3 Å². The molecule has 4 rings (SSSR count). The predicted molar refractivity (Wildman–Crippen MR) is 141 cm³/mol. The van der Waals surface area contributed by atoms with Gasteiger partial charge in [0.1, 0.15) is 23.3 Å². The lowest BCUT2D eigenvalue weighted by Crippen LogP contribution is -2.28. The topological polar surface area (TPSA) is 93.1 Å². The Kier molecular flexibility index (Phi) is 8.79. The third-order valence-electron chi connectivity index (χ3n) is 6.67. The van der Waals surface area contributed by atoms with Crippen LogP contribution in [0.15, 0.2) is 68.9 Å². The minimum atomic E-state index is -4.96. The number of alkyl halides is 6. The molecule has 0 aliphatic rings. The van der Waals surface area contributed by atoms with Gasteiger partial charge in [-0.2, -0.15) is 18.4 Å². The molecule has 4 aromatic rings. The van der Waals surface area contributed by atoms with E-state index in [1.54, 1.807) is 0 Å². The van der Waals surface area contributed by atoms with Crippen molar-refractivity contribution in [3.8, 4) is 28.7 Å².